The van der Waals surface area contributed by atoms with Crippen molar-refractivity contribution in [3.63, 3.8) is 0 Å². The van der Waals surface area contributed by atoms with Gasteiger partial charge in [-0.2, -0.15) is 0 Å². The Balaban J connectivity index is 1.79. The number of hydrogen-bond acceptors (Lipinski definition) is 3. The molecule has 16 heavy (non-hydrogen) atoms. The van der Waals surface area contributed by atoms with Gasteiger partial charge in [0, 0.05) is 22.3 Å². The lowest BCUT2D eigenvalue weighted by Gasteiger charge is -2.26. The first kappa shape index (κ1) is 12.1. The molecule has 0 bridgehead atoms. The lowest BCUT2D eigenvalue weighted by molar-refractivity contribution is 0.116. The van der Waals surface area contributed by atoms with Crippen molar-refractivity contribution in [1.82, 2.24) is 5.32 Å². The standard InChI is InChI=1S/C13H21NOS/c1-9-7-13(16-10(9)2)8-14-11-3-5-12(15)6-4-11/h7,11-12,14-15H,3-6,8H2,1-2H3. The Morgan fingerprint density at radius 1 is 1.31 bits per heavy atom. The predicted molar refractivity (Wildman–Crippen MR) is 68.9 cm³/mol. The minimum atomic E-state index is -0.0516. The first-order valence-electron chi connectivity index (χ1n) is 6.12. The number of rotatable bonds is 3. The van der Waals surface area contributed by atoms with Crippen molar-refractivity contribution in [2.24, 2.45) is 0 Å². The molecule has 90 valence electrons. The molecule has 0 spiro atoms. The van der Waals surface area contributed by atoms with Crippen LogP contribution in [0.1, 0.15) is 41.0 Å². The summed E-state index contributed by atoms with van der Waals surface area (Å²) in [5.41, 5.74) is 1.40. The smallest absolute Gasteiger partial charge is 0.0541 e. The van der Waals surface area contributed by atoms with Crippen LogP contribution in [0.3, 0.4) is 0 Å². The van der Waals surface area contributed by atoms with Crippen LogP contribution in [0.4, 0.5) is 0 Å². The molecule has 3 heteroatoms. The van der Waals surface area contributed by atoms with Crippen LogP contribution in [0.5, 0.6) is 0 Å². The molecule has 1 aliphatic carbocycles. The van der Waals surface area contributed by atoms with Crippen LogP contribution < -0.4 is 5.32 Å². The molecular formula is C13H21NOS. The summed E-state index contributed by atoms with van der Waals surface area (Å²) in [7, 11) is 0. The molecule has 0 radical (unpaired) electrons. The normalized spacial score (nSPS) is 25.9. The maximum atomic E-state index is 9.43. The van der Waals surface area contributed by atoms with Gasteiger partial charge in [0.05, 0.1) is 6.10 Å². The molecule has 1 aromatic rings. The van der Waals surface area contributed by atoms with E-state index in [4.69, 9.17) is 0 Å². The second-order valence-electron chi connectivity index (χ2n) is 4.84. The Kier molecular flexibility index (Phi) is 4.00. The van der Waals surface area contributed by atoms with Crippen molar-refractivity contribution in [3.8, 4) is 0 Å². The highest BCUT2D eigenvalue weighted by atomic mass is 32.1. The van der Waals surface area contributed by atoms with Gasteiger partial charge in [-0.1, -0.05) is 0 Å². The molecule has 0 unspecified atom stereocenters. The van der Waals surface area contributed by atoms with Gasteiger partial charge in [-0.3, -0.25) is 0 Å². The van der Waals surface area contributed by atoms with Gasteiger partial charge in [0.25, 0.3) is 0 Å². The topological polar surface area (TPSA) is 32.3 Å². The van der Waals surface area contributed by atoms with E-state index in [0.717, 1.165) is 32.2 Å². The Labute approximate surface area is 102 Å². The van der Waals surface area contributed by atoms with Gasteiger partial charge in [-0.05, 0) is 51.2 Å². The Morgan fingerprint density at radius 2 is 2.00 bits per heavy atom. The SMILES string of the molecule is Cc1cc(CNC2CCC(O)CC2)sc1C. The van der Waals surface area contributed by atoms with Crippen LogP contribution in [-0.4, -0.2) is 17.3 Å². The van der Waals surface area contributed by atoms with E-state index < -0.39 is 0 Å². The third kappa shape index (κ3) is 3.06. The molecule has 1 aromatic heterocycles. The molecule has 1 saturated carbocycles. The van der Waals surface area contributed by atoms with Gasteiger partial charge in [-0.25, -0.2) is 0 Å². The van der Waals surface area contributed by atoms with Crippen LogP contribution in [-0.2, 0) is 6.54 Å². The fraction of sp³-hybridized carbons (Fsp3) is 0.692. The van der Waals surface area contributed by atoms with Gasteiger partial charge in [0.1, 0.15) is 0 Å². The largest absolute Gasteiger partial charge is 0.393 e. The van der Waals surface area contributed by atoms with Crippen molar-refractivity contribution in [2.75, 3.05) is 0 Å². The lowest BCUT2D eigenvalue weighted by Crippen LogP contribution is -2.33. The summed E-state index contributed by atoms with van der Waals surface area (Å²) in [6, 6.07) is 2.89. The molecule has 0 saturated heterocycles. The average Bonchev–Trinajstić information content (AvgIpc) is 2.58. The predicted octanol–water partition coefficient (Wildman–Crippen LogP) is 2.76. The molecule has 2 nitrogen and oxygen atoms in total. The molecule has 1 heterocycles. The molecule has 2 rings (SSSR count). The van der Waals surface area contributed by atoms with E-state index >= 15 is 0 Å². The van der Waals surface area contributed by atoms with Gasteiger partial charge < -0.3 is 10.4 Å². The molecule has 0 atom stereocenters. The van der Waals surface area contributed by atoms with Gasteiger partial charge in [0.2, 0.25) is 0 Å². The van der Waals surface area contributed by atoms with E-state index in [-0.39, 0.29) is 6.10 Å². The minimum absolute atomic E-state index is 0.0516. The molecule has 0 aliphatic heterocycles. The van der Waals surface area contributed by atoms with Crippen molar-refractivity contribution in [1.29, 1.82) is 0 Å². The van der Waals surface area contributed by atoms with E-state index in [0.29, 0.717) is 6.04 Å². The maximum absolute atomic E-state index is 9.43. The highest BCUT2D eigenvalue weighted by Gasteiger charge is 2.18. The molecule has 2 N–H and O–H groups in total. The van der Waals surface area contributed by atoms with E-state index in [1.807, 2.05) is 11.3 Å². The number of thiophene rings is 1. The Hall–Kier alpha value is -0.380. The molecule has 0 amide bonds. The first-order valence-corrected chi connectivity index (χ1v) is 6.94. The summed E-state index contributed by atoms with van der Waals surface area (Å²) in [5.74, 6) is 0. The van der Waals surface area contributed by atoms with E-state index in [1.54, 1.807) is 0 Å². The van der Waals surface area contributed by atoms with Crippen LogP contribution >= 0.6 is 11.3 Å². The van der Waals surface area contributed by atoms with Gasteiger partial charge in [0.15, 0.2) is 0 Å². The lowest BCUT2D eigenvalue weighted by atomic mass is 9.93. The molecular weight excluding hydrogens is 218 g/mol. The number of aliphatic hydroxyl groups is 1. The summed E-state index contributed by atoms with van der Waals surface area (Å²) >= 11 is 1.89. The summed E-state index contributed by atoms with van der Waals surface area (Å²) < 4.78 is 0. The number of nitrogens with one attached hydrogen (secondary N) is 1. The zero-order valence-corrected chi connectivity index (χ0v) is 10.9. The van der Waals surface area contributed by atoms with Crippen LogP contribution in [0, 0.1) is 13.8 Å². The second kappa shape index (κ2) is 5.30. The quantitative estimate of drug-likeness (QED) is 0.850. The zero-order chi connectivity index (χ0) is 11.5. The first-order chi connectivity index (χ1) is 7.65. The average molecular weight is 239 g/mol. The fourth-order valence-electron chi connectivity index (χ4n) is 2.26. The third-order valence-electron chi connectivity index (χ3n) is 3.48. The van der Waals surface area contributed by atoms with Crippen molar-refractivity contribution >= 4 is 11.3 Å². The van der Waals surface area contributed by atoms with Crippen LogP contribution in [0.15, 0.2) is 6.07 Å². The summed E-state index contributed by atoms with van der Waals surface area (Å²) in [6.07, 6.45) is 4.10. The summed E-state index contributed by atoms with van der Waals surface area (Å²) in [5, 5.41) is 13.0. The van der Waals surface area contributed by atoms with Crippen LogP contribution in [0.2, 0.25) is 0 Å². The fourth-order valence-corrected chi connectivity index (χ4v) is 3.27. The highest BCUT2D eigenvalue weighted by molar-refractivity contribution is 7.12. The van der Waals surface area contributed by atoms with Crippen molar-refractivity contribution < 1.29 is 5.11 Å². The van der Waals surface area contributed by atoms with Crippen LogP contribution in [0.25, 0.3) is 0 Å². The number of aliphatic hydroxyl groups excluding tert-OH is 1. The minimum Gasteiger partial charge on any atom is -0.393 e. The zero-order valence-electron chi connectivity index (χ0n) is 10.1. The van der Waals surface area contributed by atoms with E-state index in [2.05, 4.69) is 25.2 Å². The summed E-state index contributed by atoms with van der Waals surface area (Å²) in [6.45, 7) is 5.34. The monoisotopic (exact) mass is 239 g/mol. The third-order valence-corrected chi connectivity index (χ3v) is 4.63. The molecule has 0 aromatic carbocycles. The van der Waals surface area contributed by atoms with E-state index in [9.17, 15) is 5.11 Å². The van der Waals surface area contributed by atoms with E-state index in [1.165, 1.54) is 15.3 Å². The Morgan fingerprint density at radius 3 is 2.56 bits per heavy atom. The molecule has 1 fully saturated rings. The second-order valence-corrected chi connectivity index (χ2v) is 6.18. The van der Waals surface area contributed by atoms with Gasteiger partial charge >= 0.3 is 0 Å². The molecule has 1 aliphatic rings. The maximum Gasteiger partial charge on any atom is 0.0541 e. The summed E-state index contributed by atoms with van der Waals surface area (Å²) in [4.78, 5) is 2.86. The van der Waals surface area contributed by atoms with Gasteiger partial charge in [-0.15, -0.1) is 11.3 Å². The Bertz CT molecular complexity index is 320. The van der Waals surface area contributed by atoms with Crippen molar-refractivity contribution in [3.05, 3.63) is 21.4 Å². The number of aryl methyl sites for hydroxylation is 2. The van der Waals surface area contributed by atoms with Crippen molar-refractivity contribution in [2.45, 2.75) is 58.2 Å². The highest BCUT2D eigenvalue weighted by Crippen LogP contribution is 2.22. The number of hydrogen-bond donors (Lipinski definition) is 2.